The van der Waals surface area contributed by atoms with Crippen molar-refractivity contribution in [3.8, 4) is 0 Å². The van der Waals surface area contributed by atoms with Crippen LogP contribution in [0.1, 0.15) is 79.6 Å². The van der Waals surface area contributed by atoms with Crippen LogP contribution in [0.15, 0.2) is 11.6 Å². The number of rotatable bonds is 8. The molecule has 0 bridgehead atoms. The Morgan fingerprint density at radius 2 is 1.33 bits per heavy atom. The fourth-order valence-corrected chi connectivity index (χ4v) is 14.2. The zero-order chi connectivity index (χ0) is 45.9. The second kappa shape index (κ2) is 17.7. The Morgan fingerprint density at radius 3 is 2.02 bits per heavy atom. The Labute approximate surface area is 373 Å². The van der Waals surface area contributed by atoms with Crippen molar-refractivity contribution in [2.45, 2.75) is 202 Å². The molecule has 366 valence electrons. The van der Waals surface area contributed by atoms with E-state index in [0.29, 0.717) is 25.9 Å². The van der Waals surface area contributed by atoms with E-state index in [1.54, 1.807) is 0 Å². The molecule has 28 atom stereocenters. The van der Waals surface area contributed by atoms with Gasteiger partial charge in [0.05, 0.1) is 44.2 Å². The Hall–Kier alpha value is -1.02. The smallest absolute Gasteiger partial charge is 0.197 e. The Bertz CT molecular complexity index is 1690. The molecule has 3 saturated carbocycles. The molecule has 8 fully saturated rings. The number of fused-ring (bicyclic) bond motifs is 7. The summed E-state index contributed by atoms with van der Waals surface area (Å²) in [6, 6.07) is 0. The van der Waals surface area contributed by atoms with Gasteiger partial charge in [-0.05, 0) is 86.4 Å². The van der Waals surface area contributed by atoms with Crippen molar-refractivity contribution < 1.29 is 94.1 Å². The second-order valence-corrected chi connectivity index (χ2v) is 21.3. The van der Waals surface area contributed by atoms with Gasteiger partial charge in [-0.15, -0.1) is 0 Å². The lowest BCUT2D eigenvalue weighted by Gasteiger charge is -2.59. The van der Waals surface area contributed by atoms with Crippen molar-refractivity contribution in [2.75, 3.05) is 19.8 Å². The topological polar surface area (TPSA) is 296 Å². The molecular weight excluding hydrogens is 844 g/mol. The number of aliphatic hydroxyl groups excluding tert-OH is 11. The van der Waals surface area contributed by atoms with Gasteiger partial charge in [-0.3, -0.25) is 0 Å². The van der Waals surface area contributed by atoms with Crippen LogP contribution >= 0.6 is 0 Å². The zero-order valence-corrected chi connectivity index (χ0v) is 37.3. The minimum Gasteiger partial charge on any atom is -0.394 e. The van der Waals surface area contributed by atoms with Crippen molar-refractivity contribution in [3.63, 3.8) is 0 Å². The molecule has 0 aromatic carbocycles. The van der Waals surface area contributed by atoms with Crippen molar-refractivity contribution in [1.29, 1.82) is 0 Å². The third-order valence-corrected chi connectivity index (χ3v) is 17.7. The van der Waals surface area contributed by atoms with E-state index in [1.165, 1.54) is 12.5 Å². The predicted octanol–water partition coefficient (Wildman–Crippen LogP) is -1.84. The standard InChI is InChI=1S/C45H72O19/c1-17-12-26(48)45(57-16-17)18(2)27-38(64-45)31(51)28-22-7-6-20-13-21(8-10-43(20,4)23(22)9-11-44(27,28)5)59-42-39(63-40-34(54)32(52)29(49)19(3)58-40)36(56)37(25(15-47)61-42)62-41-35(55)33(53)30(50)24(14-46)60-41/h6,17-19,21-42,46-56H,7-16H2,1-5H3/t17-,18-,19-,21-,22+,23-,24+,25+,26-,27-,28+,29-,30+,31+,32+,33-,34+,35+,36-,37-,38+,39+,40-,41-,42+,43-,44+,45-/m0/s1. The molecule has 4 aliphatic carbocycles. The molecule has 5 heterocycles. The lowest BCUT2D eigenvalue weighted by atomic mass is 9.46. The molecule has 0 amide bonds. The summed E-state index contributed by atoms with van der Waals surface area (Å²) in [5.74, 6) is -0.485. The van der Waals surface area contributed by atoms with Crippen molar-refractivity contribution in [3.05, 3.63) is 11.6 Å². The highest BCUT2D eigenvalue weighted by atomic mass is 16.8. The molecule has 9 rings (SSSR count). The van der Waals surface area contributed by atoms with Crippen LogP contribution in [0.25, 0.3) is 0 Å². The van der Waals surface area contributed by atoms with E-state index in [4.69, 9.17) is 37.9 Å². The number of hydrogen-bond donors (Lipinski definition) is 11. The maximum Gasteiger partial charge on any atom is 0.197 e. The zero-order valence-electron chi connectivity index (χ0n) is 37.3. The average Bonchev–Trinajstić information content (AvgIpc) is 3.69. The quantitative estimate of drug-likeness (QED) is 0.119. The molecule has 0 aromatic rings. The summed E-state index contributed by atoms with van der Waals surface area (Å²) in [6.45, 7) is 9.31. The van der Waals surface area contributed by atoms with E-state index in [9.17, 15) is 56.2 Å². The van der Waals surface area contributed by atoms with Crippen LogP contribution in [0.4, 0.5) is 0 Å². The van der Waals surface area contributed by atoms with E-state index in [1.807, 2.05) is 0 Å². The van der Waals surface area contributed by atoms with Gasteiger partial charge in [-0.2, -0.15) is 0 Å². The third kappa shape index (κ3) is 7.50. The SMILES string of the molecule is C[C@@H]1CO[C@@]2(O[C@H]3[C@H](O)[C@H]4[C@@H]5CC=C6C[C@@H](O[C@@H]7O[C@H](CO)[C@H](O[C@@H]8O[C@H](CO)[C@@H](O)[C@H](O)[C@H]8O)[C@H](O)[C@H]7O[C@@H]7O[C@@H](C)[C@H](O)[C@@H](O)[C@H]7O)CC[C@]6(C)[C@H]5CC[C@]4(C)[C@H]3[C@@H]2C)[C@@H](O)C1. The molecular formula is C45H72O19. The molecule has 5 saturated heterocycles. The van der Waals surface area contributed by atoms with Crippen LogP contribution < -0.4 is 0 Å². The molecule has 1 spiro atoms. The fraction of sp³-hybridized carbons (Fsp3) is 0.956. The van der Waals surface area contributed by atoms with Crippen molar-refractivity contribution in [2.24, 2.45) is 46.3 Å². The first-order chi connectivity index (χ1) is 30.3. The van der Waals surface area contributed by atoms with Crippen LogP contribution in [0.2, 0.25) is 0 Å². The van der Waals surface area contributed by atoms with Crippen molar-refractivity contribution >= 4 is 0 Å². The van der Waals surface area contributed by atoms with E-state index in [-0.39, 0.29) is 46.3 Å². The van der Waals surface area contributed by atoms with Gasteiger partial charge in [0.15, 0.2) is 24.7 Å². The fourth-order valence-electron chi connectivity index (χ4n) is 14.2. The number of aliphatic hydroxyl groups is 11. The Balaban J connectivity index is 0.929. The molecule has 19 nitrogen and oxygen atoms in total. The number of ether oxygens (including phenoxy) is 8. The molecule has 0 unspecified atom stereocenters. The first kappa shape index (κ1) is 48.0. The Morgan fingerprint density at radius 1 is 0.672 bits per heavy atom. The van der Waals surface area contributed by atoms with Gasteiger partial charge in [-0.1, -0.05) is 39.3 Å². The van der Waals surface area contributed by atoms with Gasteiger partial charge >= 0.3 is 0 Å². The average molecular weight is 917 g/mol. The highest BCUT2D eigenvalue weighted by molar-refractivity contribution is 5.27. The monoisotopic (exact) mass is 916 g/mol. The first-order valence-corrected chi connectivity index (χ1v) is 23.6. The first-order valence-electron chi connectivity index (χ1n) is 23.6. The van der Waals surface area contributed by atoms with E-state index >= 15 is 0 Å². The summed E-state index contributed by atoms with van der Waals surface area (Å²) in [4.78, 5) is 0. The summed E-state index contributed by atoms with van der Waals surface area (Å²) in [5.41, 5.74) is 0.791. The molecule has 5 aliphatic heterocycles. The maximum absolute atomic E-state index is 12.2. The third-order valence-electron chi connectivity index (χ3n) is 17.7. The molecule has 9 aliphatic rings. The normalized spacial score (nSPS) is 58.6. The molecule has 64 heavy (non-hydrogen) atoms. The van der Waals surface area contributed by atoms with E-state index in [2.05, 4.69) is 33.8 Å². The van der Waals surface area contributed by atoms with Gasteiger partial charge in [0.25, 0.3) is 0 Å². The predicted molar refractivity (Wildman–Crippen MR) is 217 cm³/mol. The molecule has 0 aromatic heterocycles. The summed E-state index contributed by atoms with van der Waals surface area (Å²) in [7, 11) is 0. The highest BCUT2D eigenvalue weighted by Gasteiger charge is 2.73. The lowest BCUT2D eigenvalue weighted by molar-refractivity contribution is -0.389. The van der Waals surface area contributed by atoms with E-state index < -0.39 is 136 Å². The van der Waals surface area contributed by atoms with Crippen LogP contribution in [0.3, 0.4) is 0 Å². The van der Waals surface area contributed by atoms with Crippen LogP contribution in [-0.2, 0) is 37.9 Å². The van der Waals surface area contributed by atoms with Crippen LogP contribution in [0, 0.1) is 46.3 Å². The summed E-state index contributed by atoms with van der Waals surface area (Å²) >= 11 is 0. The second-order valence-electron chi connectivity index (χ2n) is 21.3. The maximum atomic E-state index is 12.2. The highest BCUT2D eigenvalue weighted by Crippen LogP contribution is 2.70. The minimum atomic E-state index is -1.84. The van der Waals surface area contributed by atoms with E-state index in [0.717, 1.165) is 25.7 Å². The van der Waals surface area contributed by atoms with Gasteiger partial charge < -0.3 is 94.1 Å². The molecule has 19 heteroatoms. The Kier molecular flexibility index (Phi) is 13.3. The summed E-state index contributed by atoms with van der Waals surface area (Å²) in [5, 5.41) is 119. The largest absolute Gasteiger partial charge is 0.394 e. The molecule has 11 N–H and O–H groups in total. The van der Waals surface area contributed by atoms with Gasteiger partial charge in [-0.25, -0.2) is 0 Å². The van der Waals surface area contributed by atoms with Crippen LogP contribution in [0.5, 0.6) is 0 Å². The lowest BCUT2D eigenvalue weighted by Crippen LogP contribution is -2.67. The van der Waals surface area contributed by atoms with Gasteiger partial charge in [0.2, 0.25) is 0 Å². The summed E-state index contributed by atoms with van der Waals surface area (Å²) < 4.78 is 49.3. The minimum absolute atomic E-state index is 0.00685. The molecule has 0 radical (unpaired) electrons. The van der Waals surface area contributed by atoms with Gasteiger partial charge in [0, 0.05) is 11.8 Å². The summed E-state index contributed by atoms with van der Waals surface area (Å²) in [6.07, 6.45) is -18.4. The van der Waals surface area contributed by atoms with Crippen LogP contribution in [-0.4, -0.2) is 198 Å². The van der Waals surface area contributed by atoms with Gasteiger partial charge in [0.1, 0.15) is 73.2 Å². The number of allylic oxidation sites excluding steroid dienone is 1. The number of hydrogen-bond acceptors (Lipinski definition) is 19. The van der Waals surface area contributed by atoms with Crippen molar-refractivity contribution in [1.82, 2.24) is 0 Å².